The summed E-state index contributed by atoms with van der Waals surface area (Å²) in [5, 5.41) is 12.7. The fraction of sp³-hybridized carbons (Fsp3) is 0.529. The second kappa shape index (κ2) is 11.3. The summed E-state index contributed by atoms with van der Waals surface area (Å²) in [7, 11) is 0. The molecule has 2 saturated heterocycles. The summed E-state index contributed by atoms with van der Waals surface area (Å²) in [6.45, 7) is 10.5. The van der Waals surface area contributed by atoms with E-state index >= 15 is 0 Å². The number of thiazole rings is 1. The number of carbonyl (C=O) groups is 1. The first-order valence-electron chi connectivity index (χ1n) is 15.5. The van der Waals surface area contributed by atoms with Crippen molar-refractivity contribution in [2.45, 2.75) is 65.0 Å². The molecule has 2 aromatic carbocycles. The van der Waals surface area contributed by atoms with Crippen LogP contribution in [0.5, 0.6) is 5.75 Å². The molecule has 3 fully saturated rings. The highest BCUT2D eigenvalue weighted by Crippen LogP contribution is 2.58. The predicted octanol–water partition coefficient (Wildman–Crippen LogP) is 5.89. The van der Waals surface area contributed by atoms with Crippen LogP contribution in [0.1, 0.15) is 53.5 Å². The number of carboxylic acids is 1. The number of carboxylic acid groups (broad SMARTS) is 1. The van der Waals surface area contributed by atoms with Crippen LogP contribution in [0, 0.1) is 25.2 Å². The molecular weight excluding hydrogens is 546 g/mol. The van der Waals surface area contributed by atoms with Gasteiger partial charge in [0.25, 0.3) is 0 Å². The van der Waals surface area contributed by atoms with E-state index in [9.17, 15) is 9.90 Å². The largest absolute Gasteiger partial charge is 0.488 e. The summed E-state index contributed by atoms with van der Waals surface area (Å²) in [4.78, 5) is 21.7. The maximum absolute atomic E-state index is 11.7. The van der Waals surface area contributed by atoms with E-state index in [0.29, 0.717) is 19.1 Å². The van der Waals surface area contributed by atoms with Crippen molar-refractivity contribution in [1.29, 1.82) is 0 Å². The van der Waals surface area contributed by atoms with Gasteiger partial charge in [-0.2, -0.15) is 0 Å². The van der Waals surface area contributed by atoms with Gasteiger partial charge in [-0.3, -0.25) is 9.69 Å². The molecule has 222 valence electrons. The van der Waals surface area contributed by atoms with E-state index in [1.54, 1.807) is 11.3 Å². The van der Waals surface area contributed by atoms with E-state index in [0.717, 1.165) is 93.6 Å². The van der Waals surface area contributed by atoms with E-state index in [2.05, 4.69) is 59.4 Å². The molecule has 42 heavy (non-hydrogen) atoms. The van der Waals surface area contributed by atoms with Gasteiger partial charge in [0, 0.05) is 56.4 Å². The Balaban J connectivity index is 1.05. The average Bonchev–Trinajstić information content (AvgIpc) is 3.63. The molecule has 0 bridgehead atoms. The van der Waals surface area contributed by atoms with E-state index in [1.165, 1.54) is 27.8 Å². The molecule has 1 aromatic heterocycles. The number of anilines is 1. The highest BCUT2D eigenvalue weighted by atomic mass is 32.1. The highest BCUT2D eigenvalue weighted by molar-refractivity contribution is 7.14. The van der Waals surface area contributed by atoms with Crippen molar-refractivity contribution >= 4 is 22.4 Å². The number of nitrogens with zero attached hydrogens (tertiary/aromatic N) is 3. The Hall–Kier alpha value is -2.94. The molecule has 1 aliphatic carbocycles. The third kappa shape index (κ3) is 5.22. The van der Waals surface area contributed by atoms with Crippen molar-refractivity contribution in [3.63, 3.8) is 0 Å². The summed E-state index contributed by atoms with van der Waals surface area (Å²) in [6, 6.07) is 11.6. The number of benzene rings is 2. The number of hydrogen-bond donors (Lipinski definition) is 1. The van der Waals surface area contributed by atoms with Gasteiger partial charge in [-0.1, -0.05) is 23.8 Å². The van der Waals surface area contributed by atoms with Crippen LogP contribution in [0.2, 0.25) is 0 Å². The molecule has 0 unspecified atom stereocenters. The normalized spacial score (nSPS) is 24.5. The average molecular weight is 588 g/mol. The Morgan fingerprint density at radius 1 is 1.14 bits per heavy atom. The monoisotopic (exact) mass is 587 g/mol. The summed E-state index contributed by atoms with van der Waals surface area (Å²) < 4.78 is 12.1. The molecule has 7 nitrogen and oxygen atoms in total. The Kier molecular flexibility index (Phi) is 7.49. The number of aromatic nitrogens is 1. The Bertz CT molecular complexity index is 1480. The molecule has 0 spiro atoms. The zero-order valence-corrected chi connectivity index (χ0v) is 25.5. The standard InChI is InChI=1S/C34H41N3O4S/c1-22-3-6-31(29(17-22)30-21-42-33(35-30)37-14-11-34(32(38)39)18-26(34)19-37)41-20-25-5-4-24-7-12-36(13-8-28(24)23(25)2)27-9-15-40-16-10-27/h3-6,17,21,26-27H,7-16,18-20H2,1-2H3,(H,38,39)/t26-,34+/m0/s1. The molecule has 4 aliphatic rings. The topological polar surface area (TPSA) is 75.1 Å². The molecule has 0 radical (unpaired) electrons. The Morgan fingerprint density at radius 3 is 2.79 bits per heavy atom. The van der Waals surface area contributed by atoms with Crippen LogP contribution >= 0.6 is 11.3 Å². The van der Waals surface area contributed by atoms with Crippen LogP contribution in [0.3, 0.4) is 0 Å². The van der Waals surface area contributed by atoms with Gasteiger partial charge < -0.3 is 19.5 Å². The minimum Gasteiger partial charge on any atom is -0.488 e. The lowest BCUT2D eigenvalue weighted by Crippen LogP contribution is -2.40. The highest BCUT2D eigenvalue weighted by Gasteiger charge is 2.62. The minimum absolute atomic E-state index is 0.239. The summed E-state index contributed by atoms with van der Waals surface area (Å²) in [5.41, 5.74) is 8.24. The van der Waals surface area contributed by atoms with E-state index in [-0.39, 0.29) is 5.92 Å². The van der Waals surface area contributed by atoms with Crippen LogP contribution < -0.4 is 9.64 Å². The van der Waals surface area contributed by atoms with E-state index < -0.39 is 11.4 Å². The quantitative estimate of drug-likeness (QED) is 0.370. The van der Waals surface area contributed by atoms with Crippen molar-refractivity contribution in [3.8, 4) is 17.0 Å². The second-order valence-corrected chi connectivity index (χ2v) is 13.6. The maximum Gasteiger partial charge on any atom is 0.310 e. The molecule has 7 rings (SSSR count). The van der Waals surface area contributed by atoms with Crippen molar-refractivity contribution in [3.05, 3.63) is 63.5 Å². The minimum atomic E-state index is -0.629. The van der Waals surface area contributed by atoms with Gasteiger partial charge in [0.2, 0.25) is 0 Å². The first-order chi connectivity index (χ1) is 20.4. The molecule has 4 heterocycles. The number of aryl methyl sites for hydroxylation is 1. The van der Waals surface area contributed by atoms with Crippen LogP contribution in [-0.4, -0.2) is 66.4 Å². The summed E-state index contributed by atoms with van der Waals surface area (Å²) in [5.74, 6) is 0.460. The molecule has 1 N–H and O–H groups in total. The number of piperidine rings is 1. The third-order valence-corrected chi connectivity index (χ3v) is 11.2. The summed E-state index contributed by atoms with van der Waals surface area (Å²) >= 11 is 1.64. The van der Waals surface area contributed by atoms with Gasteiger partial charge >= 0.3 is 5.97 Å². The second-order valence-electron chi connectivity index (χ2n) is 12.7. The van der Waals surface area contributed by atoms with Gasteiger partial charge in [-0.25, -0.2) is 4.98 Å². The van der Waals surface area contributed by atoms with Crippen molar-refractivity contribution < 1.29 is 19.4 Å². The number of ether oxygens (including phenoxy) is 2. The fourth-order valence-electron chi connectivity index (χ4n) is 7.47. The third-order valence-electron chi connectivity index (χ3n) is 10.3. The van der Waals surface area contributed by atoms with Crippen LogP contribution in [-0.2, 0) is 29.0 Å². The molecule has 1 saturated carbocycles. The number of aliphatic carboxylic acids is 1. The first-order valence-corrected chi connectivity index (χ1v) is 16.4. The van der Waals surface area contributed by atoms with Gasteiger partial charge in [0.05, 0.1) is 11.1 Å². The lowest BCUT2D eigenvalue weighted by Gasteiger charge is -2.33. The van der Waals surface area contributed by atoms with Crippen LogP contribution in [0.4, 0.5) is 5.13 Å². The zero-order chi connectivity index (χ0) is 28.8. The maximum atomic E-state index is 11.7. The zero-order valence-electron chi connectivity index (χ0n) is 24.7. The SMILES string of the molecule is Cc1ccc(OCc2ccc3c(c2C)CCN(C2CCOCC2)CC3)c(-c2csc(N3CC[C@@]4(C(=O)O)C[C@H]4C3)n2)c1. The first kappa shape index (κ1) is 27.9. The molecule has 3 aromatic rings. The van der Waals surface area contributed by atoms with Crippen molar-refractivity contribution in [2.75, 3.05) is 44.3 Å². The molecule has 0 amide bonds. The van der Waals surface area contributed by atoms with E-state index in [1.807, 2.05) is 0 Å². The van der Waals surface area contributed by atoms with Crippen LogP contribution in [0.15, 0.2) is 35.7 Å². The molecular formula is C34H41N3O4S. The number of hydrogen-bond acceptors (Lipinski definition) is 7. The number of fused-ring (bicyclic) bond motifs is 2. The van der Waals surface area contributed by atoms with E-state index in [4.69, 9.17) is 14.5 Å². The molecule has 8 heteroatoms. The van der Waals surface area contributed by atoms with Gasteiger partial charge in [0.15, 0.2) is 5.13 Å². The van der Waals surface area contributed by atoms with Crippen molar-refractivity contribution in [1.82, 2.24) is 9.88 Å². The lowest BCUT2D eigenvalue weighted by molar-refractivity contribution is -0.144. The Labute approximate surface area is 252 Å². The van der Waals surface area contributed by atoms with Crippen LogP contribution in [0.25, 0.3) is 11.3 Å². The number of rotatable bonds is 7. The van der Waals surface area contributed by atoms with Gasteiger partial charge in [-0.05, 0) is 92.7 Å². The van der Waals surface area contributed by atoms with Crippen molar-refractivity contribution in [2.24, 2.45) is 11.3 Å². The fourth-order valence-corrected chi connectivity index (χ4v) is 8.33. The lowest BCUT2D eigenvalue weighted by atomic mass is 9.94. The smallest absolute Gasteiger partial charge is 0.310 e. The Morgan fingerprint density at radius 2 is 1.98 bits per heavy atom. The van der Waals surface area contributed by atoms with Gasteiger partial charge in [0.1, 0.15) is 12.4 Å². The molecule has 3 aliphatic heterocycles. The summed E-state index contributed by atoms with van der Waals surface area (Å²) in [6.07, 6.45) is 6.00. The molecule has 2 atom stereocenters. The predicted molar refractivity (Wildman–Crippen MR) is 166 cm³/mol. The van der Waals surface area contributed by atoms with Gasteiger partial charge in [-0.15, -0.1) is 11.3 Å².